The van der Waals surface area contributed by atoms with Gasteiger partial charge in [0.05, 0.1) is 6.61 Å². The topological polar surface area (TPSA) is 88.7 Å². The molecule has 0 aromatic heterocycles. The van der Waals surface area contributed by atoms with Crippen molar-refractivity contribution in [1.29, 1.82) is 0 Å². The number of thiocarbonyl (C=S) groups is 1. The molecule has 0 atom stereocenters. The maximum absolute atomic E-state index is 12.2. The highest BCUT2D eigenvalue weighted by Gasteiger charge is 2.09. The van der Waals surface area contributed by atoms with Crippen molar-refractivity contribution < 1.29 is 19.1 Å². The minimum absolute atomic E-state index is 0.0434. The maximum atomic E-state index is 12.2. The molecule has 154 valence electrons. The third-order valence-corrected chi connectivity index (χ3v) is 4.07. The van der Waals surface area contributed by atoms with Crippen LogP contribution in [0.5, 0.6) is 11.5 Å². The number of benzene rings is 2. The Labute approximate surface area is 179 Å². The van der Waals surface area contributed by atoms with E-state index in [2.05, 4.69) is 23.1 Å². The van der Waals surface area contributed by atoms with Gasteiger partial charge in [0.2, 0.25) is 0 Å². The van der Waals surface area contributed by atoms with Crippen LogP contribution in [0.2, 0.25) is 5.02 Å². The van der Waals surface area contributed by atoms with Gasteiger partial charge in [-0.15, -0.1) is 0 Å². The molecule has 29 heavy (non-hydrogen) atoms. The number of carbonyl (C=O) groups excluding carboxylic acids is 2. The molecule has 2 aromatic rings. The fourth-order valence-electron chi connectivity index (χ4n) is 2.09. The van der Waals surface area contributed by atoms with E-state index in [4.69, 9.17) is 33.3 Å². The SMILES string of the molecule is CCCCOc1ccc(C(=O)NC(=S)NNC(=O)COc2ccc(Cl)cc2)cc1. The lowest BCUT2D eigenvalue weighted by atomic mass is 10.2. The van der Waals surface area contributed by atoms with Crippen molar-refractivity contribution in [2.24, 2.45) is 0 Å². The molecule has 0 bridgehead atoms. The first-order valence-electron chi connectivity index (χ1n) is 8.99. The van der Waals surface area contributed by atoms with Crippen molar-refractivity contribution in [3.63, 3.8) is 0 Å². The van der Waals surface area contributed by atoms with E-state index in [0.717, 1.165) is 12.8 Å². The second kappa shape index (κ2) is 11.9. The minimum Gasteiger partial charge on any atom is -0.494 e. The standard InChI is InChI=1S/C20H22ClN3O4S/c1-2-3-12-27-16-8-4-14(5-9-16)19(26)22-20(29)24-23-18(25)13-28-17-10-6-15(21)7-11-17/h4-11H,2-3,12-13H2,1H3,(H,23,25)(H2,22,24,26,29). The number of ether oxygens (including phenoxy) is 2. The first-order valence-corrected chi connectivity index (χ1v) is 9.78. The molecule has 2 rings (SSSR count). The number of unbranched alkanes of at least 4 members (excludes halogenated alkanes) is 1. The van der Waals surface area contributed by atoms with Crippen molar-refractivity contribution >= 4 is 40.7 Å². The van der Waals surface area contributed by atoms with Gasteiger partial charge in [0, 0.05) is 10.6 Å². The summed E-state index contributed by atoms with van der Waals surface area (Å²) in [4.78, 5) is 24.0. The number of hydrogen-bond donors (Lipinski definition) is 3. The van der Waals surface area contributed by atoms with Gasteiger partial charge in [-0.3, -0.25) is 25.8 Å². The van der Waals surface area contributed by atoms with Crippen LogP contribution in [0, 0.1) is 0 Å². The van der Waals surface area contributed by atoms with Gasteiger partial charge >= 0.3 is 0 Å². The Morgan fingerprint density at radius 1 is 0.966 bits per heavy atom. The summed E-state index contributed by atoms with van der Waals surface area (Å²) in [5, 5.41) is 3.00. The maximum Gasteiger partial charge on any atom is 0.276 e. The van der Waals surface area contributed by atoms with Gasteiger partial charge in [-0.2, -0.15) is 0 Å². The van der Waals surface area contributed by atoms with Crippen LogP contribution in [0.3, 0.4) is 0 Å². The summed E-state index contributed by atoms with van der Waals surface area (Å²) < 4.78 is 10.9. The molecule has 0 aliphatic carbocycles. The molecule has 0 saturated carbocycles. The zero-order valence-electron chi connectivity index (χ0n) is 15.9. The molecule has 9 heteroatoms. The van der Waals surface area contributed by atoms with Crippen molar-refractivity contribution in [1.82, 2.24) is 16.2 Å². The zero-order chi connectivity index (χ0) is 21.1. The molecule has 0 fully saturated rings. The number of halogens is 1. The van der Waals surface area contributed by atoms with Gasteiger partial charge in [0.25, 0.3) is 11.8 Å². The Morgan fingerprint density at radius 2 is 1.59 bits per heavy atom. The molecule has 3 N–H and O–H groups in total. The van der Waals surface area contributed by atoms with Gasteiger partial charge < -0.3 is 9.47 Å². The highest BCUT2D eigenvalue weighted by molar-refractivity contribution is 7.80. The van der Waals surface area contributed by atoms with E-state index in [1.807, 2.05) is 0 Å². The van der Waals surface area contributed by atoms with Crippen LogP contribution in [0.15, 0.2) is 48.5 Å². The number of carbonyl (C=O) groups is 2. The molecule has 0 aliphatic rings. The quantitative estimate of drug-likeness (QED) is 0.335. The molecule has 2 amide bonds. The fourth-order valence-corrected chi connectivity index (χ4v) is 2.36. The van der Waals surface area contributed by atoms with Crippen LogP contribution >= 0.6 is 23.8 Å². The van der Waals surface area contributed by atoms with Crippen LogP contribution < -0.4 is 25.6 Å². The average Bonchev–Trinajstić information content (AvgIpc) is 2.72. The Kier molecular flexibility index (Phi) is 9.20. The Hall–Kier alpha value is -2.84. The lowest BCUT2D eigenvalue weighted by Gasteiger charge is -2.12. The molecule has 0 heterocycles. The fraction of sp³-hybridized carbons (Fsp3) is 0.250. The normalized spacial score (nSPS) is 10.0. The number of hydrogen-bond acceptors (Lipinski definition) is 5. The van der Waals surface area contributed by atoms with E-state index in [1.165, 1.54) is 0 Å². The first-order chi connectivity index (χ1) is 14.0. The smallest absolute Gasteiger partial charge is 0.276 e. The van der Waals surface area contributed by atoms with Crippen molar-refractivity contribution in [2.75, 3.05) is 13.2 Å². The number of amides is 2. The summed E-state index contributed by atoms with van der Waals surface area (Å²) in [5.74, 6) is 0.325. The largest absolute Gasteiger partial charge is 0.494 e. The summed E-state index contributed by atoms with van der Waals surface area (Å²) in [5.41, 5.74) is 5.20. The van der Waals surface area contributed by atoms with Gasteiger partial charge in [0.1, 0.15) is 11.5 Å². The molecule has 0 aliphatic heterocycles. The van der Waals surface area contributed by atoms with E-state index >= 15 is 0 Å². The summed E-state index contributed by atoms with van der Waals surface area (Å²) >= 11 is 10.8. The summed E-state index contributed by atoms with van der Waals surface area (Å²) in [7, 11) is 0. The molecule has 0 spiro atoms. The van der Waals surface area contributed by atoms with Gasteiger partial charge in [-0.05, 0) is 67.2 Å². The van der Waals surface area contributed by atoms with Crippen LogP contribution in [0.25, 0.3) is 0 Å². The highest BCUT2D eigenvalue weighted by atomic mass is 35.5. The van der Waals surface area contributed by atoms with E-state index in [9.17, 15) is 9.59 Å². The molecule has 0 saturated heterocycles. The molecular weight excluding hydrogens is 414 g/mol. The second-order valence-corrected chi connectivity index (χ2v) is 6.77. The first kappa shape index (κ1) is 22.4. The van der Waals surface area contributed by atoms with E-state index < -0.39 is 11.8 Å². The number of nitrogens with one attached hydrogen (secondary N) is 3. The predicted octanol–water partition coefficient (Wildman–Crippen LogP) is 3.23. The summed E-state index contributed by atoms with van der Waals surface area (Å²) in [6.07, 6.45) is 2.02. The second-order valence-electron chi connectivity index (χ2n) is 5.93. The third-order valence-electron chi connectivity index (χ3n) is 3.61. The van der Waals surface area contributed by atoms with Gasteiger partial charge in [-0.25, -0.2) is 0 Å². The number of hydrazine groups is 1. The Balaban J connectivity index is 1.70. The monoisotopic (exact) mass is 435 g/mol. The molecule has 0 unspecified atom stereocenters. The lowest BCUT2D eigenvalue weighted by Crippen LogP contribution is -2.49. The highest BCUT2D eigenvalue weighted by Crippen LogP contribution is 2.15. The number of rotatable bonds is 8. The Bertz CT molecular complexity index is 829. The third kappa shape index (κ3) is 8.37. The van der Waals surface area contributed by atoms with Crippen molar-refractivity contribution in [3.8, 4) is 11.5 Å². The molecule has 0 radical (unpaired) electrons. The summed E-state index contributed by atoms with van der Waals surface area (Å²) in [6.45, 7) is 2.49. The molecular formula is C20H22ClN3O4S. The molecule has 7 nitrogen and oxygen atoms in total. The summed E-state index contributed by atoms with van der Waals surface area (Å²) in [6, 6.07) is 13.3. The van der Waals surface area contributed by atoms with E-state index in [0.29, 0.717) is 28.7 Å². The van der Waals surface area contributed by atoms with Gasteiger partial charge in [-0.1, -0.05) is 24.9 Å². The lowest BCUT2D eigenvalue weighted by molar-refractivity contribution is -0.123. The average molecular weight is 436 g/mol. The minimum atomic E-state index is -0.467. The van der Waals surface area contributed by atoms with Crippen LogP contribution in [-0.2, 0) is 4.79 Å². The van der Waals surface area contributed by atoms with E-state index in [1.54, 1.807) is 48.5 Å². The predicted molar refractivity (Wildman–Crippen MR) is 115 cm³/mol. The van der Waals surface area contributed by atoms with Crippen molar-refractivity contribution in [3.05, 3.63) is 59.1 Å². The van der Waals surface area contributed by atoms with Crippen molar-refractivity contribution in [2.45, 2.75) is 19.8 Å². The van der Waals surface area contributed by atoms with Crippen LogP contribution in [-0.4, -0.2) is 30.1 Å². The molecule has 2 aromatic carbocycles. The Morgan fingerprint density at radius 3 is 2.24 bits per heavy atom. The van der Waals surface area contributed by atoms with Gasteiger partial charge in [0.15, 0.2) is 11.7 Å². The van der Waals surface area contributed by atoms with Crippen LogP contribution in [0.4, 0.5) is 0 Å². The van der Waals surface area contributed by atoms with Crippen LogP contribution in [0.1, 0.15) is 30.1 Å². The zero-order valence-corrected chi connectivity index (χ0v) is 17.4. The van der Waals surface area contributed by atoms with E-state index in [-0.39, 0.29) is 11.7 Å².